The van der Waals surface area contributed by atoms with E-state index in [1.807, 2.05) is 0 Å². The van der Waals surface area contributed by atoms with Crippen molar-refractivity contribution in [1.82, 2.24) is 5.06 Å². The van der Waals surface area contributed by atoms with Gasteiger partial charge < -0.3 is 9.57 Å². The van der Waals surface area contributed by atoms with Crippen molar-refractivity contribution < 1.29 is 29.0 Å². The third-order valence-electron chi connectivity index (χ3n) is 2.89. The molecule has 0 aliphatic heterocycles. The minimum Gasteiger partial charge on any atom is -0.441 e. The summed E-state index contributed by atoms with van der Waals surface area (Å²) < 4.78 is 5.07. The summed E-state index contributed by atoms with van der Waals surface area (Å²) in [5.41, 5.74) is -2.29. The smallest absolute Gasteiger partial charge is 0.441 e. The van der Waals surface area contributed by atoms with E-state index in [1.54, 1.807) is 20.8 Å². The monoisotopic (exact) mass is 381 g/mol. The van der Waals surface area contributed by atoms with Crippen LogP contribution in [0.1, 0.15) is 33.6 Å². The molecule has 0 atom stereocenters. The number of amides is 2. The Morgan fingerprint density at radius 3 is 2.33 bits per heavy atom. The molecule has 0 saturated heterocycles. The lowest BCUT2D eigenvalue weighted by Crippen LogP contribution is -2.43. The number of imide groups is 1. The van der Waals surface area contributed by atoms with E-state index in [2.05, 4.69) is 6.58 Å². The number of nitro benzene ring substituents is 2. The van der Waals surface area contributed by atoms with E-state index >= 15 is 0 Å². The van der Waals surface area contributed by atoms with Gasteiger partial charge in [-0.15, -0.1) is 6.58 Å². The van der Waals surface area contributed by atoms with Gasteiger partial charge in [-0.3, -0.25) is 25.0 Å². The van der Waals surface area contributed by atoms with Crippen LogP contribution in [0.3, 0.4) is 0 Å². The molecule has 146 valence electrons. The molecule has 0 radical (unpaired) electrons. The molecule has 0 aliphatic carbocycles. The standard InChI is InChI=1S/C16H19N3O8/c1-5-6-7-14(20)17(15(21)26-16(2,3)4)27-13-9-8-11(18(22)23)10-12(13)19(24)25/h5,8-10H,1,6-7H2,2-4H3. The van der Waals surface area contributed by atoms with Crippen molar-refractivity contribution >= 4 is 23.4 Å². The van der Waals surface area contributed by atoms with E-state index < -0.39 is 44.6 Å². The van der Waals surface area contributed by atoms with Crippen molar-refractivity contribution in [3.63, 3.8) is 0 Å². The molecule has 0 aliphatic rings. The van der Waals surface area contributed by atoms with Crippen LogP contribution in [0.5, 0.6) is 5.75 Å². The average molecular weight is 381 g/mol. The van der Waals surface area contributed by atoms with Crippen molar-refractivity contribution in [3.05, 3.63) is 51.1 Å². The Hall–Kier alpha value is -3.50. The number of benzene rings is 1. The molecule has 0 bridgehead atoms. The summed E-state index contributed by atoms with van der Waals surface area (Å²) in [6, 6.07) is 2.54. The molecule has 27 heavy (non-hydrogen) atoms. The number of hydroxylamine groups is 2. The molecule has 0 aromatic heterocycles. The van der Waals surface area contributed by atoms with Crippen LogP contribution in [0.25, 0.3) is 0 Å². The first-order valence-corrected chi connectivity index (χ1v) is 7.74. The first-order valence-electron chi connectivity index (χ1n) is 7.74. The molecule has 0 heterocycles. The van der Waals surface area contributed by atoms with Gasteiger partial charge >= 0.3 is 11.8 Å². The summed E-state index contributed by atoms with van der Waals surface area (Å²) in [6.45, 7) is 8.15. The Kier molecular flexibility index (Phi) is 6.97. The number of nitrogens with zero attached hydrogens (tertiary/aromatic N) is 3. The van der Waals surface area contributed by atoms with E-state index in [9.17, 15) is 29.8 Å². The molecule has 1 aromatic rings. The Bertz CT molecular complexity index is 769. The number of allylic oxidation sites excluding steroid dienone is 1. The average Bonchev–Trinajstić information content (AvgIpc) is 2.55. The number of nitro groups is 2. The molecule has 1 rings (SSSR count). The first kappa shape index (κ1) is 21.5. The van der Waals surface area contributed by atoms with Crippen molar-refractivity contribution in [2.45, 2.75) is 39.2 Å². The van der Waals surface area contributed by atoms with Gasteiger partial charge in [0, 0.05) is 12.5 Å². The lowest BCUT2D eigenvalue weighted by Gasteiger charge is -2.25. The maximum Gasteiger partial charge on any atom is 0.451 e. The zero-order valence-electron chi connectivity index (χ0n) is 15.0. The van der Waals surface area contributed by atoms with Crippen LogP contribution in [0.15, 0.2) is 30.9 Å². The minimum absolute atomic E-state index is 0.163. The number of non-ortho nitro benzene ring substituents is 1. The molecule has 0 spiro atoms. The van der Waals surface area contributed by atoms with Crippen molar-refractivity contribution in [1.29, 1.82) is 0 Å². The Morgan fingerprint density at radius 2 is 1.85 bits per heavy atom. The zero-order chi connectivity index (χ0) is 20.8. The molecule has 2 amide bonds. The van der Waals surface area contributed by atoms with Crippen molar-refractivity contribution in [2.75, 3.05) is 0 Å². The molecule has 0 fully saturated rings. The van der Waals surface area contributed by atoms with Gasteiger partial charge in [-0.1, -0.05) is 11.1 Å². The van der Waals surface area contributed by atoms with Crippen LogP contribution in [0.4, 0.5) is 16.2 Å². The van der Waals surface area contributed by atoms with Gasteiger partial charge in [-0.05, 0) is 33.3 Å². The summed E-state index contributed by atoms with van der Waals surface area (Å²) in [4.78, 5) is 49.9. The van der Waals surface area contributed by atoms with E-state index in [0.717, 1.165) is 12.1 Å². The summed E-state index contributed by atoms with van der Waals surface area (Å²) in [7, 11) is 0. The maximum atomic E-state index is 12.3. The van der Waals surface area contributed by atoms with Crippen LogP contribution >= 0.6 is 0 Å². The van der Waals surface area contributed by atoms with E-state index in [1.165, 1.54) is 6.08 Å². The van der Waals surface area contributed by atoms with Gasteiger partial charge in [-0.25, -0.2) is 4.79 Å². The van der Waals surface area contributed by atoms with E-state index in [0.29, 0.717) is 6.07 Å². The Labute approximate surface area is 154 Å². The Morgan fingerprint density at radius 1 is 1.22 bits per heavy atom. The summed E-state index contributed by atoms with van der Waals surface area (Å²) in [5.74, 6) is -1.35. The predicted octanol–water partition coefficient (Wildman–Crippen LogP) is 3.53. The number of ether oxygens (including phenoxy) is 1. The van der Waals surface area contributed by atoms with Gasteiger partial charge in [0.2, 0.25) is 5.75 Å². The van der Waals surface area contributed by atoms with Gasteiger partial charge in [-0.2, -0.15) is 0 Å². The van der Waals surface area contributed by atoms with Gasteiger partial charge in [0.15, 0.2) is 0 Å². The summed E-state index contributed by atoms with van der Waals surface area (Å²) in [6.07, 6.45) is 0.330. The molecular formula is C16H19N3O8. The van der Waals surface area contributed by atoms with Crippen molar-refractivity contribution in [2.24, 2.45) is 0 Å². The van der Waals surface area contributed by atoms with Gasteiger partial charge in [0.1, 0.15) is 5.60 Å². The summed E-state index contributed by atoms with van der Waals surface area (Å²) in [5, 5.41) is 22.2. The molecular weight excluding hydrogens is 362 g/mol. The summed E-state index contributed by atoms with van der Waals surface area (Å²) >= 11 is 0. The third kappa shape index (κ3) is 6.38. The van der Waals surface area contributed by atoms with Crippen LogP contribution in [-0.2, 0) is 9.53 Å². The Balaban J connectivity index is 3.26. The second-order valence-electron chi connectivity index (χ2n) is 6.25. The van der Waals surface area contributed by atoms with E-state index in [-0.39, 0.29) is 17.9 Å². The topological polar surface area (TPSA) is 142 Å². The molecule has 0 unspecified atom stereocenters. The largest absolute Gasteiger partial charge is 0.451 e. The number of hydrogen-bond donors (Lipinski definition) is 0. The quantitative estimate of drug-likeness (QED) is 0.396. The van der Waals surface area contributed by atoms with Crippen molar-refractivity contribution in [3.8, 4) is 5.75 Å². The molecule has 1 aromatic carbocycles. The van der Waals surface area contributed by atoms with Gasteiger partial charge in [0.25, 0.3) is 11.6 Å². The highest BCUT2D eigenvalue weighted by Crippen LogP contribution is 2.32. The molecule has 0 saturated carbocycles. The minimum atomic E-state index is -1.18. The molecule has 11 heteroatoms. The SMILES string of the molecule is C=CCCC(=O)N(Oc1ccc([N+](=O)[O-])cc1[N+](=O)[O-])C(=O)OC(C)(C)C. The highest BCUT2D eigenvalue weighted by molar-refractivity contribution is 5.91. The highest BCUT2D eigenvalue weighted by atomic mass is 16.7. The fourth-order valence-electron chi connectivity index (χ4n) is 1.76. The third-order valence-corrected chi connectivity index (χ3v) is 2.89. The lowest BCUT2D eigenvalue weighted by atomic mass is 10.2. The van der Waals surface area contributed by atoms with Gasteiger partial charge in [0.05, 0.1) is 15.9 Å². The number of carbonyl (C=O) groups is 2. The fourth-order valence-corrected chi connectivity index (χ4v) is 1.76. The maximum absolute atomic E-state index is 12.3. The highest BCUT2D eigenvalue weighted by Gasteiger charge is 2.32. The van der Waals surface area contributed by atoms with E-state index in [4.69, 9.17) is 9.57 Å². The van der Waals surface area contributed by atoms with Crippen LogP contribution in [-0.4, -0.2) is 32.5 Å². The number of carbonyl (C=O) groups excluding carboxylic acids is 2. The fraction of sp³-hybridized carbons (Fsp3) is 0.375. The molecule has 11 nitrogen and oxygen atoms in total. The lowest BCUT2D eigenvalue weighted by molar-refractivity contribution is -0.395. The number of hydrogen-bond acceptors (Lipinski definition) is 8. The second-order valence-corrected chi connectivity index (χ2v) is 6.25. The first-order chi connectivity index (χ1) is 12.5. The second kappa shape index (κ2) is 8.74. The zero-order valence-corrected chi connectivity index (χ0v) is 15.0. The molecule has 0 N–H and O–H groups in total. The van der Waals surface area contributed by atoms with Crippen LogP contribution in [0, 0.1) is 20.2 Å². The van der Waals surface area contributed by atoms with Crippen LogP contribution < -0.4 is 4.84 Å². The van der Waals surface area contributed by atoms with Crippen LogP contribution in [0.2, 0.25) is 0 Å². The normalized spacial score (nSPS) is 10.6. The number of rotatable bonds is 7. The predicted molar refractivity (Wildman–Crippen MR) is 92.9 cm³/mol.